The molecule has 0 saturated carbocycles. The van der Waals surface area contributed by atoms with Crippen molar-refractivity contribution in [2.75, 3.05) is 6.26 Å². The molecule has 0 atom stereocenters. The molecule has 0 amide bonds. The molecular weight excluding hydrogens is 132 g/mol. The van der Waals surface area contributed by atoms with E-state index in [1.165, 1.54) is 4.53 Å². The van der Waals surface area contributed by atoms with E-state index in [-0.39, 0.29) is 0 Å². The minimum Gasteiger partial charge on any atom is -0.139 e. The SMILES string of the molecule is C=C(SC)[Si](C)(C)C. The topological polar surface area (TPSA) is 0 Å². The third-order valence-electron chi connectivity index (χ3n) is 1.08. The Morgan fingerprint density at radius 2 is 1.75 bits per heavy atom. The molecule has 0 aliphatic heterocycles. The largest absolute Gasteiger partial charge is 0.139 e. The zero-order valence-corrected chi connectivity index (χ0v) is 7.93. The Balaban J connectivity index is 3.82. The van der Waals surface area contributed by atoms with Gasteiger partial charge in [0.25, 0.3) is 0 Å². The normalized spacial score (nSPS) is 11.5. The molecule has 0 aliphatic carbocycles. The van der Waals surface area contributed by atoms with Crippen molar-refractivity contribution in [3.8, 4) is 0 Å². The van der Waals surface area contributed by atoms with Crippen molar-refractivity contribution < 1.29 is 0 Å². The van der Waals surface area contributed by atoms with E-state index in [1.807, 2.05) is 0 Å². The zero-order valence-electron chi connectivity index (χ0n) is 6.12. The van der Waals surface area contributed by atoms with E-state index in [0.29, 0.717) is 0 Å². The van der Waals surface area contributed by atoms with Crippen molar-refractivity contribution in [1.82, 2.24) is 0 Å². The molecule has 0 nitrogen and oxygen atoms in total. The van der Waals surface area contributed by atoms with E-state index in [4.69, 9.17) is 0 Å². The summed E-state index contributed by atoms with van der Waals surface area (Å²) >= 11 is 1.80. The monoisotopic (exact) mass is 146 g/mol. The highest BCUT2D eigenvalue weighted by atomic mass is 32.2. The van der Waals surface area contributed by atoms with Gasteiger partial charge >= 0.3 is 0 Å². The average molecular weight is 146 g/mol. The predicted molar refractivity (Wildman–Crippen MR) is 46.0 cm³/mol. The van der Waals surface area contributed by atoms with Gasteiger partial charge in [-0.25, -0.2) is 0 Å². The van der Waals surface area contributed by atoms with Crippen LogP contribution < -0.4 is 0 Å². The lowest BCUT2D eigenvalue weighted by Crippen LogP contribution is -2.20. The summed E-state index contributed by atoms with van der Waals surface area (Å²) in [5.41, 5.74) is 0. The molecule has 0 heterocycles. The summed E-state index contributed by atoms with van der Waals surface area (Å²) in [5, 5.41) is 0. The minimum atomic E-state index is -0.992. The number of thioether (sulfide) groups is 1. The Labute approximate surface area is 57.4 Å². The van der Waals surface area contributed by atoms with Crippen LogP contribution in [0.2, 0.25) is 19.6 Å². The van der Waals surface area contributed by atoms with Gasteiger partial charge in [-0.05, 0) is 10.8 Å². The molecule has 0 aromatic carbocycles. The number of hydrogen-bond donors (Lipinski definition) is 0. The Morgan fingerprint density at radius 1 is 1.38 bits per heavy atom. The average Bonchev–Trinajstić information content (AvgIpc) is 1.62. The molecule has 0 aromatic heterocycles. The van der Waals surface area contributed by atoms with E-state index < -0.39 is 8.07 Å². The van der Waals surface area contributed by atoms with Gasteiger partial charge in [0.2, 0.25) is 0 Å². The summed E-state index contributed by atoms with van der Waals surface area (Å²) in [6, 6.07) is 0. The molecule has 0 rings (SSSR count). The Kier molecular flexibility index (Phi) is 2.84. The van der Waals surface area contributed by atoms with Crippen molar-refractivity contribution in [1.29, 1.82) is 0 Å². The highest BCUT2D eigenvalue weighted by Crippen LogP contribution is 2.21. The van der Waals surface area contributed by atoms with Gasteiger partial charge in [-0.1, -0.05) is 26.2 Å². The number of rotatable bonds is 2. The lowest BCUT2D eigenvalue weighted by Gasteiger charge is -2.16. The molecule has 2 heteroatoms. The molecular formula is C6H14SSi. The summed E-state index contributed by atoms with van der Waals surface area (Å²) in [7, 11) is -0.992. The fraction of sp³-hybridized carbons (Fsp3) is 0.667. The van der Waals surface area contributed by atoms with Crippen LogP contribution in [0.4, 0.5) is 0 Å². The first-order chi connectivity index (χ1) is 3.48. The van der Waals surface area contributed by atoms with Gasteiger partial charge in [0.1, 0.15) is 0 Å². The van der Waals surface area contributed by atoms with Crippen molar-refractivity contribution in [3.63, 3.8) is 0 Å². The van der Waals surface area contributed by atoms with Crippen LogP contribution in [-0.2, 0) is 0 Å². The second kappa shape index (κ2) is 2.74. The minimum absolute atomic E-state index is 0.992. The first-order valence-corrected chi connectivity index (χ1v) is 7.44. The molecule has 48 valence electrons. The number of hydrogen-bond acceptors (Lipinski definition) is 1. The molecule has 0 fully saturated rings. The molecule has 0 bridgehead atoms. The molecule has 0 radical (unpaired) electrons. The maximum absolute atomic E-state index is 3.97. The molecule has 8 heavy (non-hydrogen) atoms. The van der Waals surface area contributed by atoms with Gasteiger partial charge < -0.3 is 0 Å². The molecule has 0 unspecified atom stereocenters. The predicted octanol–water partition coefficient (Wildman–Crippen LogP) is 2.74. The van der Waals surface area contributed by atoms with Gasteiger partial charge in [-0.3, -0.25) is 0 Å². The van der Waals surface area contributed by atoms with Gasteiger partial charge in [-0.2, -0.15) is 0 Å². The van der Waals surface area contributed by atoms with Gasteiger partial charge in [0, 0.05) is 0 Å². The molecule has 0 spiro atoms. The lowest BCUT2D eigenvalue weighted by atomic mass is 11.2. The van der Waals surface area contributed by atoms with Gasteiger partial charge in [0.15, 0.2) is 0 Å². The van der Waals surface area contributed by atoms with Crippen molar-refractivity contribution in [2.45, 2.75) is 19.6 Å². The van der Waals surface area contributed by atoms with E-state index in [0.717, 1.165) is 0 Å². The highest BCUT2D eigenvalue weighted by Gasteiger charge is 2.15. The fourth-order valence-corrected chi connectivity index (χ4v) is 2.76. The Bertz CT molecular complexity index is 91.2. The smallest absolute Gasteiger partial charge is 0.0849 e. The van der Waals surface area contributed by atoms with Crippen LogP contribution in [0.15, 0.2) is 11.1 Å². The molecule has 0 aromatic rings. The third kappa shape index (κ3) is 2.57. The second-order valence-corrected chi connectivity index (χ2v) is 9.24. The Hall–Kier alpha value is 0.307. The standard InChI is InChI=1S/C6H14SSi/c1-6(7-2)8(3,4)5/h1H2,2-5H3. The van der Waals surface area contributed by atoms with Crippen LogP contribution in [0.3, 0.4) is 0 Å². The lowest BCUT2D eigenvalue weighted by molar-refractivity contribution is 1.76. The van der Waals surface area contributed by atoms with Crippen LogP contribution in [0, 0.1) is 0 Å². The van der Waals surface area contributed by atoms with E-state index in [2.05, 4.69) is 32.5 Å². The van der Waals surface area contributed by atoms with Gasteiger partial charge in [0.05, 0.1) is 8.07 Å². The summed E-state index contributed by atoms with van der Waals surface area (Å²) < 4.78 is 1.39. The van der Waals surface area contributed by atoms with Crippen LogP contribution in [0.25, 0.3) is 0 Å². The molecule has 0 saturated heterocycles. The highest BCUT2D eigenvalue weighted by molar-refractivity contribution is 8.04. The van der Waals surface area contributed by atoms with E-state index >= 15 is 0 Å². The van der Waals surface area contributed by atoms with Crippen LogP contribution in [0.1, 0.15) is 0 Å². The van der Waals surface area contributed by atoms with Crippen molar-refractivity contribution in [3.05, 3.63) is 11.1 Å². The van der Waals surface area contributed by atoms with Gasteiger partial charge in [-0.15, -0.1) is 11.8 Å². The summed E-state index contributed by atoms with van der Waals surface area (Å²) in [6.07, 6.45) is 2.10. The summed E-state index contributed by atoms with van der Waals surface area (Å²) in [5.74, 6) is 0. The van der Waals surface area contributed by atoms with E-state index in [9.17, 15) is 0 Å². The third-order valence-corrected chi connectivity index (χ3v) is 5.70. The zero-order chi connectivity index (χ0) is 6.78. The fourth-order valence-electron chi connectivity index (χ4n) is 0.306. The molecule has 0 aliphatic rings. The first-order valence-electron chi connectivity index (χ1n) is 2.72. The maximum Gasteiger partial charge on any atom is 0.0849 e. The Morgan fingerprint density at radius 3 is 1.75 bits per heavy atom. The first kappa shape index (κ1) is 8.31. The molecule has 0 N–H and O–H groups in total. The summed E-state index contributed by atoms with van der Waals surface area (Å²) in [6.45, 7) is 10.9. The van der Waals surface area contributed by atoms with Crippen molar-refractivity contribution in [2.24, 2.45) is 0 Å². The van der Waals surface area contributed by atoms with E-state index in [1.54, 1.807) is 11.8 Å². The van der Waals surface area contributed by atoms with Crippen LogP contribution in [0.5, 0.6) is 0 Å². The van der Waals surface area contributed by atoms with Crippen molar-refractivity contribution >= 4 is 19.8 Å². The second-order valence-electron chi connectivity index (χ2n) is 2.88. The van der Waals surface area contributed by atoms with Crippen LogP contribution in [-0.4, -0.2) is 14.3 Å². The maximum atomic E-state index is 3.97. The van der Waals surface area contributed by atoms with Crippen LogP contribution >= 0.6 is 11.8 Å². The quantitative estimate of drug-likeness (QED) is 0.540. The summed E-state index contributed by atoms with van der Waals surface area (Å²) in [4.78, 5) is 0.